The van der Waals surface area contributed by atoms with Crippen molar-refractivity contribution in [1.29, 1.82) is 0 Å². The van der Waals surface area contributed by atoms with E-state index in [4.69, 9.17) is 82.0 Å². The maximum Gasteiger partial charge on any atom is 0.357 e. The van der Waals surface area contributed by atoms with E-state index in [2.05, 4.69) is 20.3 Å². The van der Waals surface area contributed by atoms with Crippen LogP contribution >= 0.6 is 58.4 Å². The number of hydrogen-bond donors (Lipinski definition) is 1. The van der Waals surface area contributed by atoms with Crippen LogP contribution in [0.4, 0.5) is 30.6 Å². The Morgan fingerprint density at radius 2 is 1.18 bits per heavy atom. The van der Waals surface area contributed by atoms with Crippen molar-refractivity contribution in [2.45, 2.75) is 67.1 Å². The first-order chi connectivity index (χ1) is 33.9. The Morgan fingerprint density at radius 1 is 0.694 bits per heavy atom. The van der Waals surface area contributed by atoms with Crippen LogP contribution in [-0.4, -0.2) is 81.3 Å². The van der Waals surface area contributed by atoms with Gasteiger partial charge in [-0.1, -0.05) is 66.5 Å². The summed E-state index contributed by atoms with van der Waals surface area (Å²) in [4.78, 5) is 46.6. The molecular formula is C51H53Cl5F2N6O8. The number of ether oxygens (including phenoxy) is 5. The monoisotopic (exact) mass is 1090 g/mol. The minimum atomic E-state index is -1.04. The summed E-state index contributed by atoms with van der Waals surface area (Å²) in [5, 5.41) is 4.17. The Morgan fingerprint density at radius 3 is 1.61 bits per heavy atom. The predicted molar refractivity (Wildman–Crippen MR) is 280 cm³/mol. The summed E-state index contributed by atoms with van der Waals surface area (Å²) in [5.74, 6) is -1.16. The molecule has 0 bridgehead atoms. The van der Waals surface area contributed by atoms with Gasteiger partial charge in [0, 0.05) is 76.8 Å². The third-order valence-corrected chi connectivity index (χ3v) is 11.7. The first-order valence-electron chi connectivity index (χ1n) is 21.9. The fourth-order valence-electron chi connectivity index (χ4n) is 6.40. The van der Waals surface area contributed by atoms with Crippen LogP contribution in [0.2, 0.25) is 15.1 Å². The lowest BCUT2D eigenvalue weighted by molar-refractivity contribution is -0.142. The van der Waals surface area contributed by atoms with Gasteiger partial charge < -0.3 is 29.0 Å². The molecule has 2 aliphatic rings. The third-order valence-electron chi connectivity index (χ3n) is 10.0. The molecule has 0 saturated carbocycles. The number of nitrogens with one attached hydrogen (secondary N) is 1. The van der Waals surface area contributed by atoms with Gasteiger partial charge in [-0.3, -0.25) is 9.59 Å². The highest BCUT2D eigenvalue weighted by Crippen LogP contribution is 2.40. The molecule has 14 nitrogen and oxygen atoms in total. The average molecular weight is 1090 g/mol. The molecule has 7 rings (SSSR count). The summed E-state index contributed by atoms with van der Waals surface area (Å²) >= 11 is 29.2. The average Bonchev–Trinajstić information content (AvgIpc) is 3.49. The van der Waals surface area contributed by atoms with Crippen LogP contribution in [0.3, 0.4) is 0 Å². The summed E-state index contributed by atoms with van der Waals surface area (Å²) in [6.45, 7) is 11.9. The number of methoxy groups -OCH3 is 1. The van der Waals surface area contributed by atoms with E-state index in [0.29, 0.717) is 74.9 Å². The minimum absolute atomic E-state index is 0. The first-order valence-corrected chi connectivity index (χ1v) is 23.7. The van der Waals surface area contributed by atoms with Crippen molar-refractivity contribution in [2.75, 3.05) is 38.9 Å². The van der Waals surface area contributed by atoms with E-state index in [1.54, 1.807) is 87.7 Å². The highest BCUT2D eigenvalue weighted by atomic mass is 35.5. The van der Waals surface area contributed by atoms with Crippen LogP contribution in [0, 0.1) is 11.6 Å². The van der Waals surface area contributed by atoms with Crippen molar-refractivity contribution in [3.05, 3.63) is 141 Å². The number of imide groups is 1. The van der Waals surface area contributed by atoms with Crippen LogP contribution in [-0.2, 0) is 28.5 Å². The Labute approximate surface area is 442 Å². The Bertz CT molecular complexity index is 2740. The number of aliphatic imine (C=N–C) groups is 1. The second-order valence-electron chi connectivity index (χ2n) is 15.2. The van der Waals surface area contributed by atoms with Gasteiger partial charge in [-0.05, 0) is 120 Å². The molecule has 1 saturated heterocycles. The fraction of sp³-hybridized carbons (Fsp3) is 0.294. The van der Waals surface area contributed by atoms with E-state index in [1.807, 2.05) is 26.0 Å². The SMILES string of the molecule is C.CC1(C)C(=O)N(Cl)C(=O)N1Cl.CCOC(OCC)c1cc(Nc2ccc(OC)cc2)c(F)c(-c2ccc(Cl)cc2)n1.CCOC(OCC)c1nc(-c2ccc(Cl)cc2)c(F)c(N=C2C=CC(=O)C=C2)c1Cl. The second kappa shape index (κ2) is 27.5. The topological polar surface area (TPSA) is 154 Å². The van der Waals surface area contributed by atoms with E-state index >= 15 is 8.78 Å². The Balaban J connectivity index is 0.000000256. The molecule has 72 heavy (non-hydrogen) atoms. The van der Waals surface area contributed by atoms with Crippen molar-refractivity contribution in [3.63, 3.8) is 0 Å². The normalized spacial score (nSPS) is 13.7. The maximum atomic E-state index is 15.5. The Hall–Kier alpha value is -5.53. The number of anilines is 2. The molecule has 1 aliphatic carbocycles. The summed E-state index contributed by atoms with van der Waals surface area (Å²) < 4.78 is 60.0. The number of carbonyl (C=O) groups is 3. The molecule has 0 atom stereocenters. The highest BCUT2D eigenvalue weighted by Gasteiger charge is 2.51. The van der Waals surface area contributed by atoms with Gasteiger partial charge in [-0.15, -0.1) is 0 Å². The zero-order valence-electron chi connectivity index (χ0n) is 39.4. The molecule has 0 spiro atoms. The molecular weight excluding hydrogens is 1040 g/mol. The molecule has 21 heteroatoms. The summed E-state index contributed by atoms with van der Waals surface area (Å²) in [6, 6.07) is 21.5. The number of hydrogen-bond acceptors (Lipinski definition) is 12. The molecule has 5 aromatic rings. The number of amides is 3. The number of halogens is 7. The molecule has 0 unspecified atom stereocenters. The number of aromatic nitrogens is 2. The van der Waals surface area contributed by atoms with Crippen LogP contribution in [0.5, 0.6) is 5.75 Å². The van der Waals surface area contributed by atoms with E-state index in [1.165, 1.54) is 38.2 Å². The van der Waals surface area contributed by atoms with Gasteiger partial charge >= 0.3 is 6.03 Å². The van der Waals surface area contributed by atoms with Crippen molar-refractivity contribution in [3.8, 4) is 28.3 Å². The summed E-state index contributed by atoms with van der Waals surface area (Å²) in [5.41, 5.74) is 2.19. The quantitative estimate of drug-likeness (QED) is 0.0435. The molecule has 0 radical (unpaired) electrons. The summed E-state index contributed by atoms with van der Waals surface area (Å²) in [6.07, 6.45) is 4.07. The van der Waals surface area contributed by atoms with Crippen molar-refractivity contribution in [2.24, 2.45) is 4.99 Å². The van der Waals surface area contributed by atoms with Crippen molar-refractivity contribution < 1.29 is 46.8 Å². The predicted octanol–water partition coefficient (Wildman–Crippen LogP) is 14.4. The van der Waals surface area contributed by atoms with E-state index in [9.17, 15) is 14.4 Å². The molecule has 1 N–H and O–H groups in total. The highest BCUT2D eigenvalue weighted by molar-refractivity contribution is 6.39. The number of rotatable bonds is 16. The lowest BCUT2D eigenvalue weighted by atomic mass is 10.1. The molecule has 3 aromatic carbocycles. The van der Waals surface area contributed by atoms with Crippen molar-refractivity contribution in [1.82, 2.24) is 18.8 Å². The second-order valence-corrected chi connectivity index (χ2v) is 17.2. The van der Waals surface area contributed by atoms with Gasteiger partial charge in [0.15, 0.2) is 17.4 Å². The molecule has 384 valence electrons. The van der Waals surface area contributed by atoms with Gasteiger partial charge in [0.2, 0.25) is 12.6 Å². The maximum absolute atomic E-state index is 15.5. The van der Waals surface area contributed by atoms with Crippen molar-refractivity contribution >= 4 is 98.9 Å². The van der Waals surface area contributed by atoms with Gasteiger partial charge in [0.1, 0.15) is 34.1 Å². The van der Waals surface area contributed by atoms with E-state index < -0.39 is 41.7 Å². The Kier molecular flexibility index (Phi) is 22.6. The molecule has 3 amide bonds. The third kappa shape index (κ3) is 14.8. The van der Waals surface area contributed by atoms with Gasteiger partial charge in [-0.2, -0.15) is 4.42 Å². The molecule has 1 aliphatic heterocycles. The van der Waals surface area contributed by atoms with Crippen LogP contribution in [0.1, 0.15) is 72.9 Å². The standard InChI is InChI=1S/C23H24ClFN2O3.C22H19Cl2FN2O3.C5H6Cl2N2O2.CH4/c1-4-29-23(30-5-2)20-14-19(26-17-10-12-18(28-3)13-11-17)21(25)22(27-20)15-6-8-16(24)9-7-15;1-3-29-22(30-4-2)21-17(24)20(26-15-9-11-16(28)12-10-15)18(25)19(27-21)13-5-7-14(23)8-6-13;1-5(2)3(10)8(6)4(11)9(5)7;/h6-14,23H,4-5H2,1-3H3,(H,26,27);5-12,22H,3-4H2,1-2H3;1-2H3;1H4. The number of allylic oxidation sites excluding steroid dienone is 4. The largest absolute Gasteiger partial charge is 0.497 e. The molecule has 2 aromatic heterocycles. The minimum Gasteiger partial charge on any atom is -0.497 e. The number of carbonyl (C=O) groups excluding carboxylic acids is 3. The number of urea groups is 1. The lowest BCUT2D eigenvalue weighted by Crippen LogP contribution is -2.38. The molecule has 1 fully saturated rings. The molecule has 3 heterocycles. The van der Waals surface area contributed by atoms with Crippen LogP contribution < -0.4 is 10.1 Å². The number of pyridine rings is 2. The van der Waals surface area contributed by atoms with Crippen LogP contribution in [0.15, 0.2) is 108 Å². The smallest absolute Gasteiger partial charge is 0.357 e. The van der Waals surface area contributed by atoms with Crippen LogP contribution in [0.25, 0.3) is 22.5 Å². The van der Waals surface area contributed by atoms with E-state index in [-0.39, 0.29) is 46.7 Å². The fourth-order valence-corrected chi connectivity index (χ4v) is 7.38. The van der Waals surface area contributed by atoms with Gasteiger partial charge in [0.05, 0.1) is 29.2 Å². The number of ketones is 1. The van der Waals surface area contributed by atoms with Gasteiger partial charge in [0.25, 0.3) is 5.91 Å². The number of nitrogens with zero attached hydrogens (tertiary/aromatic N) is 5. The zero-order chi connectivity index (χ0) is 52.0. The zero-order valence-corrected chi connectivity index (χ0v) is 43.2. The summed E-state index contributed by atoms with van der Waals surface area (Å²) in [7, 11) is 1.59. The van der Waals surface area contributed by atoms with Gasteiger partial charge in [-0.25, -0.2) is 33.0 Å². The van der Waals surface area contributed by atoms with E-state index in [0.717, 1.165) is 4.42 Å². The number of benzene rings is 3. The first kappa shape index (κ1) is 59.0. The lowest BCUT2D eigenvalue weighted by Gasteiger charge is -2.20.